The zero-order valence-electron chi connectivity index (χ0n) is 17.7. The van der Waals surface area contributed by atoms with Crippen LogP contribution in [-0.2, 0) is 12.4 Å². The van der Waals surface area contributed by atoms with Gasteiger partial charge in [0.25, 0.3) is 5.91 Å². The predicted octanol–water partition coefficient (Wildman–Crippen LogP) is 4.79. The highest BCUT2D eigenvalue weighted by molar-refractivity contribution is 5.94. The number of nitrogens with zero attached hydrogens (tertiary/aromatic N) is 4. The minimum Gasteiger partial charge on any atom is -0.354 e. The van der Waals surface area contributed by atoms with E-state index >= 15 is 0 Å². The molecular formula is C21H22F6N4O. The molecule has 0 saturated carbocycles. The number of hydrogen-bond donors (Lipinski definition) is 0. The summed E-state index contributed by atoms with van der Waals surface area (Å²) < 4.78 is 78.8. The first kappa shape index (κ1) is 23.8. The van der Waals surface area contributed by atoms with Crippen LogP contribution in [0.4, 0.5) is 32.2 Å². The van der Waals surface area contributed by atoms with Gasteiger partial charge in [-0.25, -0.2) is 9.97 Å². The fourth-order valence-electron chi connectivity index (χ4n) is 3.65. The molecule has 0 N–H and O–H groups in total. The Morgan fingerprint density at radius 3 is 2.00 bits per heavy atom. The van der Waals surface area contributed by atoms with Crippen LogP contribution in [0.3, 0.4) is 0 Å². The fraction of sp³-hybridized carbons (Fsp3) is 0.476. The van der Waals surface area contributed by atoms with Gasteiger partial charge >= 0.3 is 12.4 Å². The molecule has 1 fully saturated rings. The Kier molecular flexibility index (Phi) is 6.39. The van der Waals surface area contributed by atoms with E-state index in [2.05, 4.69) is 9.97 Å². The Labute approximate surface area is 181 Å². The van der Waals surface area contributed by atoms with Crippen molar-refractivity contribution in [3.63, 3.8) is 0 Å². The van der Waals surface area contributed by atoms with E-state index in [4.69, 9.17) is 0 Å². The van der Waals surface area contributed by atoms with E-state index in [1.165, 1.54) is 4.90 Å². The molecule has 1 aromatic carbocycles. The standard InChI is InChI=1S/C21H22F6N4O/c1-12-13(2)28-14(3)29-18(12)30-5-4-6-31(8-7-30)19(32)15-9-16(20(22,23)24)11-17(10-15)21(25,26)27/h9-11H,4-8H2,1-3H3. The van der Waals surface area contributed by atoms with Crippen molar-refractivity contribution in [1.82, 2.24) is 14.9 Å². The van der Waals surface area contributed by atoms with Crippen molar-refractivity contribution in [1.29, 1.82) is 0 Å². The van der Waals surface area contributed by atoms with Gasteiger partial charge < -0.3 is 9.80 Å². The monoisotopic (exact) mass is 460 g/mol. The molecule has 5 nitrogen and oxygen atoms in total. The minimum atomic E-state index is -5.01. The quantitative estimate of drug-likeness (QED) is 0.605. The van der Waals surface area contributed by atoms with Gasteiger partial charge in [-0.3, -0.25) is 4.79 Å². The van der Waals surface area contributed by atoms with Gasteiger partial charge in [0.15, 0.2) is 0 Å². The van der Waals surface area contributed by atoms with Gasteiger partial charge in [-0.1, -0.05) is 0 Å². The van der Waals surface area contributed by atoms with Crippen LogP contribution in [0.1, 0.15) is 45.0 Å². The Morgan fingerprint density at radius 1 is 0.844 bits per heavy atom. The number of hydrogen-bond acceptors (Lipinski definition) is 4. The van der Waals surface area contributed by atoms with E-state index < -0.39 is 35.0 Å². The Bertz CT molecular complexity index is 986. The molecule has 0 bridgehead atoms. The summed E-state index contributed by atoms with van der Waals surface area (Å²) in [4.78, 5) is 24.9. The molecule has 3 rings (SSSR count). The average molecular weight is 460 g/mol. The van der Waals surface area contributed by atoms with E-state index in [0.717, 1.165) is 11.3 Å². The zero-order valence-corrected chi connectivity index (χ0v) is 17.7. The minimum absolute atomic E-state index is 0.0174. The number of rotatable bonds is 2. The molecule has 0 aliphatic carbocycles. The third-order valence-electron chi connectivity index (χ3n) is 5.39. The summed E-state index contributed by atoms with van der Waals surface area (Å²) in [6.45, 7) is 6.71. The molecular weight excluding hydrogens is 438 g/mol. The molecule has 0 atom stereocenters. The summed E-state index contributed by atoms with van der Waals surface area (Å²) in [7, 11) is 0. The lowest BCUT2D eigenvalue weighted by Gasteiger charge is -2.25. The number of anilines is 1. The number of carbonyl (C=O) groups excluding carboxylic acids is 1. The van der Waals surface area contributed by atoms with Crippen LogP contribution in [0, 0.1) is 20.8 Å². The van der Waals surface area contributed by atoms with Gasteiger partial charge in [-0.05, 0) is 45.4 Å². The Morgan fingerprint density at radius 2 is 1.44 bits per heavy atom. The molecule has 0 spiro atoms. The molecule has 32 heavy (non-hydrogen) atoms. The lowest BCUT2D eigenvalue weighted by Crippen LogP contribution is -2.36. The van der Waals surface area contributed by atoms with Crippen molar-refractivity contribution in [3.8, 4) is 0 Å². The van der Waals surface area contributed by atoms with Gasteiger partial charge in [0, 0.05) is 43.0 Å². The molecule has 2 heterocycles. The van der Waals surface area contributed by atoms with Gasteiger partial charge in [0.2, 0.25) is 0 Å². The van der Waals surface area contributed by atoms with Gasteiger partial charge in [0.05, 0.1) is 11.1 Å². The van der Waals surface area contributed by atoms with Crippen LogP contribution < -0.4 is 4.90 Å². The van der Waals surface area contributed by atoms with E-state index in [1.54, 1.807) is 6.92 Å². The van der Waals surface area contributed by atoms with Gasteiger partial charge in [-0.2, -0.15) is 26.3 Å². The van der Waals surface area contributed by atoms with Gasteiger partial charge in [0.1, 0.15) is 11.6 Å². The van der Waals surface area contributed by atoms with Crippen LogP contribution in [-0.4, -0.2) is 47.0 Å². The van der Waals surface area contributed by atoms with E-state index in [0.29, 0.717) is 43.3 Å². The van der Waals surface area contributed by atoms with E-state index in [1.807, 2.05) is 18.7 Å². The number of aromatic nitrogens is 2. The molecule has 0 radical (unpaired) electrons. The van der Waals surface area contributed by atoms with Crippen molar-refractivity contribution in [2.24, 2.45) is 0 Å². The third kappa shape index (κ3) is 5.13. The molecule has 1 aromatic heterocycles. The average Bonchev–Trinajstić information content (AvgIpc) is 2.94. The maximum atomic E-state index is 13.1. The SMILES string of the molecule is Cc1nc(C)c(C)c(N2CCCN(C(=O)c3cc(C(F)(F)F)cc(C(F)(F)F)c3)CC2)n1. The van der Waals surface area contributed by atoms with Crippen LogP contribution in [0.2, 0.25) is 0 Å². The topological polar surface area (TPSA) is 49.3 Å². The van der Waals surface area contributed by atoms with Crippen LogP contribution in [0.15, 0.2) is 18.2 Å². The van der Waals surface area contributed by atoms with Gasteiger partial charge in [-0.15, -0.1) is 0 Å². The highest BCUT2D eigenvalue weighted by Gasteiger charge is 2.38. The Balaban J connectivity index is 1.87. The first-order valence-electron chi connectivity index (χ1n) is 9.93. The number of benzene rings is 1. The predicted molar refractivity (Wildman–Crippen MR) is 105 cm³/mol. The normalized spacial score (nSPS) is 15.7. The summed E-state index contributed by atoms with van der Waals surface area (Å²) in [5.41, 5.74) is -1.95. The summed E-state index contributed by atoms with van der Waals surface area (Å²) in [5, 5.41) is 0. The lowest BCUT2D eigenvalue weighted by atomic mass is 10.0. The maximum Gasteiger partial charge on any atom is 0.416 e. The van der Waals surface area contributed by atoms with Crippen molar-refractivity contribution in [2.75, 3.05) is 31.1 Å². The first-order chi connectivity index (χ1) is 14.8. The maximum absolute atomic E-state index is 13.1. The summed E-state index contributed by atoms with van der Waals surface area (Å²) in [6, 6.07) is 0.965. The second-order valence-electron chi connectivity index (χ2n) is 7.73. The van der Waals surface area contributed by atoms with E-state index in [-0.39, 0.29) is 19.2 Å². The number of carbonyl (C=O) groups is 1. The lowest BCUT2D eigenvalue weighted by molar-refractivity contribution is -0.143. The first-order valence-corrected chi connectivity index (χ1v) is 9.93. The van der Waals surface area contributed by atoms with E-state index in [9.17, 15) is 31.1 Å². The van der Waals surface area contributed by atoms with Crippen molar-refractivity contribution in [3.05, 3.63) is 52.0 Å². The smallest absolute Gasteiger partial charge is 0.354 e. The van der Waals surface area contributed by atoms with Crippen LogP contribution in [0.5, 0.6) is 0 Å². The largest absolute Gasteiger partial charge is 0.416 e. The molecule has 1 amide bonds. The summed E-state index contributed by atoms with van der Waals surface area (Å²) in [5.74, 6) is 0.432. The summed E-state index contributed by atoms with van der Waals surface area (Å²) in [6.07, 6.45) is -9.53. The fourth-order valence-corrected chi connectivity index (χ4v) is 3.65. The zero-order chi connectivity index (χ0) is 23.8. The Hall–Kier alpha value is -2.85. The molecule has 1 saturated heterocycles. The highest BCUT2D eigenvalue weighted by Crippen LogP contribution is 2.36. The number of alkyl halides is 6. The summed E-state index contributed by atoms with van der Waals surface area (Å²) >= 11 is 0. The second-order valence-corrected chi connectivity index (χ2v) is 7.73. The molecule has 1 aliphatic rings. The highest BCUT2D eigenvalue weighted by atomic mass is 19.4. The van der Waals surface area contributed by atoms with Crippen LogP contribution in [0.25, 0.3) is 0 Å². The van der Waals surface area contributed by atoms with Crippen LogP contribution >= 0.6 is 0 Å². The van der Waals surface area contributed by atoms with Crippen molar-refractivity contribution in [2.45, 2.75) is 39.5 Å². The number of halogens is 6. The molecule has 2 aromatic rings. The number of aryl methyl sites for hydroxylation is 2. The molecule has 174 valence electrons. The molecule has 0 unspecified atom stereocenters. The molecule has 11 heteroatoms. The molecule has 1 aliphatic heterocycles. The van der Waals surface area contributed by atoms with Crippen molar-refractivity contribution >= 4 is 11.7 Å². The second kappa shape index (κ2) is 8.59. The van der Waals surface area contributed by atoms with Crippen molar-refractivity contribution < 1.29 is 31.1 Å². The third-order valence-corrected chi connectivity index (χ3v) is 5.39. The number of amides is 1.